The Labute approximate surface area is 123 Å². The summed E-state index contributed by atoms with van der Waals surface area (Å²) in [6, 6.07) is 5.24. The van der Waals surface area contributed by atoms with Crippen molar-refractivity contribution in [2.45, 2.75) is 13.5 Å². The Bertz CT molecular complexity index is 627. The molecule has 1 aromatic carbocycles. The molecule has 0 aliphatic carbocycles. The molecule has 1 heterocycles. The normalized spacial score (nSPS) is 10.3. The average molecular weight is 289 g/mol. The highest BCUT2D eigenvalue weighted by molar-refractivity contribution is 5.99. The van der Waals surface area contributed by atoms with Crippen LogP contribution in [0.15, 0.2) is 24.4 Å². The minimum absolute atomic E-state index is 0.243. The van der Waals surface area contributed by atoms with Crippen LogP contribution in [0.2, 0.25) is 0 Å². The lowest BCUT2D eigenvalue weighted by Gasteiger charge is -2.12. The van der Waals surface area contributed by atoms with Gasteiger partial charge < -0.3 is 14.8 Å². The van der Waals surface area contributed by atoms with Crippen molar-refractivity contribution in [2.75, 3.05) is 14.2 Å². The number of carbonyl (C=O) groups is 1. The Kier molecular flexibility index (Phi) is 4.47. The van der Waals surface area contributed by atoms with Gasteiger partial charge in [0.05, 0.1) is 20.4 Å². The van der Waals surface area contributed by atoms with E-state index in [9.17, 15) is 4.79 Å². The van der Waals surface area contributed by atoms with E-state index in [1.165, 1.54) is 14.2 Å². The first-order valence-electron chi connectivity index (χ1n) is 6.55. The van der Waals surface area contributed by atoms with Gasteiger partial charge in [0.25, 0.3) is 5.91 Å². The minimum atomic E-state index is -0.243. The molecule has 0 saturated carbocycles. The van der Waals surface area contributed by atoms with Crippen molar-refractivity contribution in [1.82, 2.24) is 15.1 Å². The molecule has 6 heteroatoms. The van der Waals surface area contributed by atoms with Gasteiger partial charge in [0.2, 0.25) is 0 Å². The van der Waals surface area contributed by atoms with Gasteiger partial charge in [-0.1, -0.05) is 6.07 Å². The summed E-state index contributed by atoms with van der Waals surface area (Å²) in [7, 11) is 4.91. The molecule has 1 amide bonds. The number of nitrogens with zero attached hydrogens (tertiary/aromatic N) is 2. The van der Waals surface area contributed by atoms with Gasteiger partial charge in [-0.3, -0.25) is 9.48 Å². The molecule has 0 fully saturated rings. The summed E-state index contributed by atoms with van der Waals surface area (Å²) in [4.78, 5) is 12.4. The van der Waals surface area contributed by atoms with E-state index >= 15 is 0 Å². The summed E-state index contributed by atoms with van der Waals surface area (Å²) in [5, 5.41) is 7.02. The summed E-state index contributed by atoms with van der Waals surface area (Å²) >= 11 is 0. The second-order valence-electron chi connectivity index (χ2n) is 4.60. The maximum Gasteiger partial charge on any atom is 0.259 e. The van der Waals surface area contributed by atoms with Crippen molar-refractivity contribution < 1.29 is 14.3 Å². The van der Waals surface area contributed by atoms with Gasteiger partial charge in [0.15, 0.2) is 0 Å². The summed E-state index contributed by atoms with van der Waals surface area (Å²) in [6.45, 7) is 2.36. The molecule has 0 unspecified atom stereocenters. The van der Waals surface area contributed by atoms with Crippen LogP contribution in [0.5, 0.6) is 11.5 Å². The molecule has 0 aliphatic rings. The highest BCUT2D eigenvalue weighted by Crippen LogP contribution is 2.28. The highest BCUT2D eigenvalue weighted by Gasteiger charge is 2.18. The predicted molar refractivity (Wildman–Crippen MR) is 78.7 cm³/mol. The van der Waals surface area contributed by atoms with Crippen molar-refractivity contribution in [3.05, 3.63) is 41.2 Å². The predicted octanol–water partition coefficient (Wildman–Crippen LogP) is 1.68. The van der Waals surface area contributed by atoms with Gasteiger partial charge >= 0.3 is 0 Å². The van der Waals surface area contributed by atoms with Crippen LogP contribution in [0.4, 0.5) is 0 Å². The number of amides is 1. The molecule has 112 valence electrons. The van der Waals surface area contributed by atoms with Crippen molar-refractivity contribution in [3.8, 4) is 11.5 Å². The zero-order chi connectivity index (χ0) is 15.4. The first-order chi connectivity index (χ1) is 10.1. The van der Waals surface area contributed by atoms with Crippen molar-refractivity contribution in [3.63, 3.8) is 0 Å². The zero-order valence-electron chi connectivity index (χ0n) is 12.6. The van der Waals surface area contributed by atoms with Gasteiger partial charge in [0, 0.05) is 24.8 Å². The molecule has 2 aromatic rings. The Morgan fingerprint density at radius 2 is 1.90 bits per heavy atom. The minimum Gasteiger partial charge on any atom is -0.496 e. The van der Waals surface area contributed by atoms with E-state index < -0.39 is 0 Å². The fourth-order valence-corrected chi connectivity index (χ4v) is 2.06. The second-order valence-corrected chi connectivity index (χ2v) is 4.60. The molecule has 21 heavy (non-hydrogen) atoms. The lowest BCUT2D eigenvalue weighted by atomic mass is 10.1. The third-order valence-corrected chi connectivity index (χ3v) is 3.43. The smallest absolute Gasteiger partial charge is 0.259 e. The molecule has 1 aromatic heterocycles. The molecule has 0 saturated heterocycles. The molecule has 0 bridgehead atoms. The maximum atomic E-state index is 12.4. The fourth-order valence-electron chi connectivity index (χ4n) is 2.06. The van der Waals surface area contributed by atoms with Crippen LogP contribution in [0.3, 0.4) is 0 Å². The quantitative estimate of drug-likeness (QED) is 0.909. The van der Waals surface area contributed by atoms with Crippen molar-refractivity contribution >= 4 is 5.91 Å². The molecule has 0 radical (unpaired) electrons. The number of methoxy groups -OCH3 is 2. The number of carbonyl (C=O) groups excluding carboxylic acids is 1. The van der Waals surface area contributed by atoms with Crippen LogP contribution < -0.4 is 14.8 Å². The number of ether oxygens (including phenoxy) is 2. The number of hydrogen-bond donors (Lipinski definition) is 1. The van der Waals surface area contributed by atoms with Gasteiger partial charge in [0.1, 0.15) is 17.1 Å². The zero-order valence-corrected chi connectivity index (χ0v) is 12.6. The van der Waals surface area contributed by atoms with E-state index in [0.717, 1.165) is 11.3 Å². The lowest BCUT2D eigenvalue weighted by Crippen LogP contribution is -2.24. The van der Waals surface area contributed by atoms with E-state index in [-0.39, 0.29) is 5.91 Å². The number of hydrogen-bond acceptors (Lipinski definition) is 4. The first kappa shape index (κ1) is 14.9. The topological polar surface area (TPSA) is 65.4 Å². The summed E-state index contributed by atoms with van der Waals surface area (Å²) in [6.07, 6.45) is 1.75. The van der Waals surface area contributed by atoms with E-state index in [1.807, 2.05) is 14.0 Å². The largest absolute Gasteiger partial charge is 0.496 e. The molecule has 6 nitrogen and oxygen atoms in total. The highest BCUT2D eigenvalue weighted by atomic mass is 16.5. The lowest BCUT2D eigenvalue weighted by molar-refractivity contribution is 0.0944. The monoisotopic (exact) mass is 289 g/mol. The second kappa shape index (κ2) is 6.30. The van der Waals surface area contributed by atoms with Gasteiger partial charge in [-0.2, -0.15) is 5.10 Å². The van der Waals surface area contributed by atoms with Crippen molar-refractivity contribution in [1.29, 1.82) is 0 Å². The van der Waals surface area contributed by atoms with Crippen LogP contribution in [-0.2, 0) is 13.6 Å². The molecule has 2 rings (SSSR count). The first-order valence-corrected chi connectivity index (χ1v) is 6.55. The Hall–Kier alpha value is -2.50. The van der Waals surface area contributed by atoms with Crippen LogP contribution in [0, 0.1) is 6.92 Å². The SMILES string of the molecule is COc1cccc(OC)c1C(=O)NCc1cnn(C)c1C. The van der Waals surface area contributed by atoms with E-state index in [4.69, 9.17) is 9.47 Å². The molecule has 0 atom stereocenters. The van der Waals surface area contributed by atoms with E-state index in [1.54, 1.807) is 29.1 Å². The molecule has 0 aliphatic heterocycles. The standard InChI is InChI=1S/C15H19N3O3/c1-10-11(9-17-18(10)2)8-16-15(19)14-12(20-3)6-5-7-13(14)21-4/h5-7,9H,8H2,1-4H3,(H,16,19). The summed E-state index contributed by atoms with van der Waals surface area (Å²) in [5.74, 6) is 0.720. The summed E-state index contributed by atoms with van der Waals surface area (Å²) in [5.41, 5.74) is 2.38. The average Bonchev–Trinajstić information content (AvgIpc) is 2.83. The number of aromatic nitrogens is 2. The van der Waals surface area contributed by atoms with Crippen LogP contribution in [0.25, 0.3) is 0 Å². The van der Waals surface area contributed by atoms with Crippen molar-refractivity contribution in [2.24, 2.45) is 7.05 Å². The number of rotatable bonds is 5. The van der Waals surface area contributed by atoms with E-state index in [0.29, 0.717) is 23.6 Å². The molecular weight excluding hydrogens is 270 g/mol. The summed E-state index contributed by atoms with van der Waals surface area (Å²) < 4.78 is 12.2. The Morgan fingerprint density at radius 3 is 2.38 bits per heavy atom. The van der Waals surface area contributed by atoms with Crippen LogP contribution >= 0.6 is 0 Å². The molecule has 0 spiro atoms. The van der Waals surface area contributed by atoms with Gasteiger partial charge in [-0.15, -0.1) is 0 Å². The number of nitrogens with one attached hydrogen (secondary N) is 1. The molecular formula is C15H19N3O3. The molecule has 1 N–H and O–H groups in total. The number of aryl methyl sites for hydroxylation is 1. The van der Waals surface area contributed by atoms with Gasteiger partial charge in [-0.05, 0) is 19.1 Å². The van der Waals surface area contributed by atoms with E-state index in [2.05, 4.69) is 10.4 Å². The van der Waals surface area contributed by atoms with Crippen LogP contribution in [-0.4, -0.2) is 29.9 Å². The third-order valence-electron chi connectivity index (χ3n) is 3.43. The number of benzene rings is 1. The third kappa shape index (κ3) is 2.99. The Balaban J connectivity index is 2.19. The Morgan fingerprint density at radius 1 is 1.29 bits per heavy atom. The van der Waals surface area contributed by atoms with Crippen LogP contribution in [0.1, 0.15) is 21.6 Å². The van der Waals surface area contributed by atoms with Gasteiger partial charge in [-0.25, -0.2) is 0 Å². The maximum absolute atomic E-state index is 12.4. The fraction of sp³-hybridized carbons (Fsp3) is 0.333.